The number of nitrogens with two attached hydrogens (primary N) is 1. The molecule has 0 radical (unpaired) electrons. The molecule has 0 fully saturated rings. The zero-order chi connectivity index (χ0) is 13.7. The fraction of sp³-hybridized carbons (Fsp3) is 0.143. The third kappa shape index (κ3) is 3.26. The average Bonchev–Trinajstić information content (AvgIpc) is 2.46. The highest BCUT2D eigenvalue weighted by Crippen LogP contribution is 2.25. The second kappa shape index (κ2) is 6.24. The van der Waals surface area contributed by atoms with Crippen LogP contribution in [-0.2, 0) is 5.75 Å². The van der Waals surface area contributed by atoms with Gasteiger partial charge in [-0.15, -0.1) is 11.8 Å². The molecule has 0 bridgehead atoms. The van der Waals surface area contributed by atoms with Gasteiger partial charge in [0.2, 0.25) is 0 Å². The number of hydrogen-bond donors (Lipinski definition) is 2. The predicted octanol–water partition coefficient (Wildman–Crippen LogP) is 2.78. The molecule has 3 N–H and O–H groups in total. The van der Waals surface area contributed by atoms with E-state index in [-0.39, 0.29) is 5.84 Å². The Balaban J connectivity index is 2.19. The molecule has 0 amide bonds. The Hall–Kier alpha value is -2.01. The molecule has 0 atom stereocenters. The summed E-state index contributed by atoms with van der Waals surface area (Å²) < 4.78 is 0. The number of amidine groups is 1. The summed E-state index contributed by atoms with van der Waals surface area (Å²) in [4.78, 5) is 4.28. The van der Waals surface area contributed by atoms with E-state index in [0.29, 0.717) is 5.56 Å². The van der Waals surface area contributed by atoms with E-state index in [1.54, 1.807) is 30.1 Å². The lowest BCUT2D eigenvalue weighted by Crippen LogP contribution is -2.14. The minimum absolute atomic E-state index is 0.0837. The maximum atomic E-state index is 8.77. The SMILES string of the molecule is Cc1ccccc1CSc1ncccc1/C(N)=N/O. The largest absolute Gasteiger partial charge is 0.409 e. The van der Waals surface area contributed by atoms with E-state index in [1.807, 2.05) is 12.1 Å². The Morgan fingerprint density at radius 2 is 2.11 bits per heavy atom. The van der Waals surface area contributed by atoms with Gasteiger partial charge in [-0.25, -0.2) is 4.98 Å². The lowest BCUT2D eigenvalue weighted by molar-refractivity contribution is 0.318. The van der Waals surface area contributed by atoms with Crippen molar-refractivity contribution < 1.29 is 5.21 Å². The van der Waals surface area contributed by atoms with Gasteiger partial charge in [-0.1, -0.05) is 29.4 Å². The molecule has 1 aromatic heterocycles. The van der Waals surface area contributed by atoms with Gasteiger partial charge in [-0.2, -0.15) is 0 Å². The smallest absolute Gasteiger partial charge is 0.172 e. The summed E-state index contributed by atoms with van der Waals surface area (Å²) in [5.74, 6) is 0.885. The van der Waals surface area contributed by atoms with Crippen LogP contribution >= 0.6 is 11.8 Å². The standard InChI is InChI=1S/C14H15N3OS/c1-10-5-2-3-6-11(10)9-19-14-12(13(15)17-18)7-4-8-16-14/h2-8,18H,9H2,1H3,(H2,15,17). The molecule has 0 saturated heterocycles. The summed E-state index contributed by atoms with van der Waals surface area (Å²) in [5, 5.41) is 12.6. The topological polar surface area (TPSA) is 71.5 Å². The number of nitrogens with zero attached hydrogens (tertiary/aromatic N) is 2. The van der Waals surface area contributed by atoms with Crippen LogP contribution < -0.4 is 5.73 Å². The van der Waals surface area contributed by atoms with Gasteiger partial charge in [0.15, 0.2) is 5.84 Å². The number of hydrogen-bond acceptors (Lipinski definition) is 4. The van der Waals surface area contributed by atoms with Gasteiger partial charge < -0.3 is 10.9 Å². The van der Waals surface area contributed by atoms with Crippen molar-refractivity contribution in [3.63, 3.8) is 0 Å². The summed E-state index contributed by atoms with van der Waals surface area (Å²) in [7, 11) is 0. The molecule has 4 nitrogen and oxygen atoms in total. The third-order valence-corrected chi connectivity index (χ3v) is 3.83. The molecular weight excluding hydrogens is 258 g/mol. The van der Waals surface area contributed by atoms with Crippen molar-refractivity contribution in [1.29, 1.82) is 0 Å². The van der Waals surface area contributed by atoms with Gasteiger partial charge in [0.05, 0.1) is 5.56 Å². The first-order valence-corrected chi connectivity index (χ1v) is 6.81. The summed E-state index contributed by atoms with van der Waals surface area (Å²) in [6.45, 7) is 2.08. The molecule has 98 valence electrons. The highest BCUT2D eigenvalue weighted by molar-refractivity contribution is 7.98. The lowest BCUT2D eigenvalue weighted by Gasteiger charge is -2.08. The second-order valence-electron chi connectivity index (χ2n) is 4.06. The third-order valence-electron chi connectivity index (χ3n) is 2.78. The predicted molar refractivity (Wildman–Crippen MR) is 77.5 cm³/mol. The Morgan fingerprint density at radius 3 is 2.84 bits per heavy atom. The molecule has 19 heavy (non-hydrogen) atoms. The van der Waals surface area contributed by atoms with Gasteiger partial charge in [0.1, 0.15) is 5.03 Å². The van der Waals surface area contributed by atoms with Crippen LogP contribution in [0.5, 0.6) is 0 Å². The average molecular weight is 273 g/mol. The first-order chi connectivity index (χ1) is 9.22. The Morgan fingerprint density at radius 1 is 1.32 bits per heavy atom. The van der Waals surface area contributed by atoms with Crippen molar-refractivity contribution in [2.75, 3.05) is 0 Å². The Labute approximate surface area is 116 Å². The molecule has 0 aliphatic carbocycles. The van der Waals surface area contributed by atoms with Crippen molar-refractivity contribution in [2.24, 2.45) is 10.9 Å². The van der Waals surface area contributed by atoms with Crippen LogP contribution in [0.4, 0.5) is 0 Å². The minimum atomic E-state index is 0.0837. The van der Waals surface area contributed by atoms with Crippen LogP contribution in [0.1, 0.15) is 16.7 Å². The van der Waals surface area contributed by atoms with Crippen LogP contribution in [0.25, 0.3) is 0 Å². The molecular formula is C14H15N3OS. The van der Waals surface area contributed by atoms with Gasteiger partial charge in [-0.05, 0) is 30.2 Å². The number of benzene rings is 1. The van der Waals surface area contributed by atoms with E-state index in [0.717, 1.165) is 10.8 Å². The fourth-order valence-corrected chi connectivity index (χ4v) is 2.75. The Bertz CT molecular complexity index is 599. The quantitative estimate of drug-likeness (QED) is 0.295. The fourth-order valence-electron chi connectivity index (χ4n) is 1.67. The highest BCUT2D eigenvalue weighted by Gasteiger charge is 2.09. The lowest BCUT2D eigenvalue weighted by atomic mass is 10.1. The second-order valence-corrected chi connectivity index (χ2v) is 5.02. The van der Waals surface area contributed by atoms with Crippen molar-refractivity contribution >= 4 is 17.6 Å². The number of pyridine rings is 1. The number of rotatable bonds is 4. The monoisotopic (exact) mass is 273 g/mol. The van der Waals surface area contributed by atoms with E-state index in [1.165, 1.54) is 11.1 Å². The number of thioether (sulfide) groups is 1. The van der Waals surface area contributed by atoms with E-state index < -0.39 is 0 Å². The summed E-state index contributed by atoms with van der Waals surface area (Å²) >= 11 is 1.57. The zero-order valence-corrected chi connectivity index (χ0v) is 11.4. The van der Waals surface area contributed by atoms with Crippen LogP contribution in [0, 0.1) is 6.92 Å². The molecule has 1 heterocycles. The maximum absolute atomic E-state index is 8.77. The number of aryl methyl sites for hydroxylation is 1. The molecule has 0 saturated carbocycles. The van der Waals surface area contributed by atoms with Crippen molar-refractivity contribution in [2.45, 2.75) is 17.7 Å². The van der Waals surface area contributed by atoms with Gasteiger partial charge in [-0.3, -0.25) is 0 Å². The van der Waals surface area contributed by atoms with Crippen LogP contribution in [0.3, 0.4) is 0 Å². The molecule has 2 aromatic rings. The van der Waals surface area contributed by atoms with Crippen LogP contribution in [-0.4, -0.2) is 16.0 Å². The van der Waals surface area contributed by atoms with E-state index in [4.69, 9.17) is 10.9 Å². The highest BCUT2D eigenvalue weighted by atomic mass is 32.2. The normalized spacial score (nSPS) is 11.5. The molecule has 0 aliphatic heterocycles. The van der Waals surface area contributed by atoms with Crippen LogP contribution in [0.15, 0.2) is 52.8 Å². The number of oxime groups is 1. The first-order valence-electron chi connectivity index (χ1n) is 5.82. The van der Waals surface area contributed by atoms with E-state index >= 15 is 0 Å². The maximum Gasteiger partial charge on any atom is 0.172 e. The van der Waals surface area contributed by atoms with Gasteiger partial charge in [0, 0.05) is 11.9 Å². The van der Waals surface area contributed by atoms with E-state index in [9.17, 15) is 0 Å². The molecule has 0 unspecified atom stereocenters. The van der Waals surface area contributed by atoms with E-state index in [2.05, 4.69) is 29.2 Å². The summed E-state index contributed by atoms with van der Waals surface area (Å²) in [6.07, 6.45) is 1.70. The summed E-state index contributed by atoms with van der Waals surface area (Å²) in [6, 6.07) is 11.8. The molecule has 2 rings (SSSR count). The number of aromatic nitrogens is 1. The zero-order valence-electron chi connectivity index (χ0n) is 10.6. The first kappa shape index (κ1) is 13.4. The van der Waals surface area contributed by atoms with Crippen LogP contribution in [0.2, 0.25) is 0 Å². The van der Waals surface area contributed by atoms with Crippen molar-refractivity contribution in [3.8, 4) is 0 Å². The van der Waals surface area contributed by atoms with Crippen molar-refractivity contribution in [3.05, 3.63) is 59.3 Å². The summed E-state index contributed by atoms with van der Waals surface area (Å²) in [5.41, 5.74) is 8.80. The Kier molecular flexibility index (Phi) is 4.41. The molecule has 0 spiro atoms. The van der Waals surface area contributed by atoms with Gasteiger partial charge >= 0.3 is 0 Å². The van der Waals surface area contributed by atoms with Crippen molar-refractivity contribution in [1.82, 2.24) is 4.98 Å². The minimum Gasteiger partial charge on any atom is -0.409 e. The molecule has 1 aromatic carbocycles. The van der Waals surface area contributed by atoms with Gasteiger partial charge in [0.25, 0.3) is 0 Å². The molecule has 0 aliphatic rings. The molecule has 5 heteroatoms.